The Bertz CT molecular complexity index is 464. The first kappa shape index (κ1) is 16.0. The molecule has 0 aliphatic rings. The van der Waals surface area contributed by atoms with Gasteiger partial charge in [-0.1, -0.05) is 13.8 Å². The van der Waals surface area contributed by atoms with E-state index in [1.807, 2.05) is 20.8 Å². The van der Waals surface area contributed by atoms with E-state index < -0.39 is 0 Å². The quantitative estimate of drug-likeness (QED) is 0.688. The van der Waals surface area contributed by atoms with E-state index in [1.54, 1.807) is 18.2 Å². The zero-order valence-corrected chi connectivity index (χ0v) is 12.3. The molecule has 4 N–H and O–H groups in total. The van der Waals surface area contributed by atoms with Crippen molar-refractivity contribution < 1.29 is 9.59 Å². The van der Waals surface area contributed by atoms with Gasteiger partial charge in [0.15, 0.2) is 0 Å². The molecule has 0 unspecified atom stereocenters. The first-order chi connectivity index (χ1) is 9.38. The molecule has 0 fully saturated rings. The average Bonchev–Trinajstić information content (AvgIpc) is 2.35. The van der Waals surface area contributed by atoms with E-state index in [1.165, 1.54) is 0 Å². The maximum absolute atomic E-state index is 11.9. The number of amides is 2. The maximum Gasteiger partial charge on any atom is 0.251 e. The number of hydrogen-bond acceptors (Lipinski definition) is 3. The molecule has 110 valence electrons. The number of carbonyl (C=O) groups excluding carboxylic acids is 2. The summed E-state index contributed by atoms with van der Waals surface area (Å²) < 4.78 is 0. The minimum absolute atomic E-state index is 0.0530. The highest BCUT2D eigenvalue weighted by Crippen LogP contribution is 2.10. The van der Waals surface area contributed by atoms with Gasteiger partial charge in [0.25, 0.3) is 5.91 Å². The van der Waals surface area contributed by atoms with Crippen molar-refractivity contribution >= 4 is 17.5 Å². The van der Waals surface area contributed by atoms with Crippen molar-refractivity contribution in [1.82, 2.24) is 10.6 Å². The standard InChI is InChI=1S/C15H23N3O2/c1-10(2)9-18-14(19)4-5-17-15(20)12-6-11(3)7-13(16)8-12/h6-8,10H,4-5,9,16H2,1-3H3,(H,17,20)(H,18,19). The number of benzene rings is 1. The van der Waals surface area contributed by atoms with Crippen molar-refractivity contribution in [2.75, 3.05) is 18.8 Å². The Morgan fingerprint density at radius 1 is 1.20 bits per heavy atom. The van der Waals surface area contributed by atoms with E-state index in [2.05, 4.69) is 10.6 Å². The highest BCUT2D eigenvalue weighted by Gasteiger charge is 2.08. The summed E-state index contributed by atoms with van der Waals surface area (Å²) in [5, 5.41) is 5.52. The fourth-order valence-electron chi connectivity index (χ4n) is 1.74. The van der Waals surface area contributed by atoms with Gasteiger partial charge in [-0.3, -0.25) is 9.59 Å². The predicted molar refractivity (Wildman–Crippen MR) is 80.4 cm³/mol. The molecule has 0 spiro atoms. The molecule has 1 aromatic rings. The molecule has 20 heavy (non-hydrogen) atoms. The van der Waals surface area contributed by atoms with Crippen LogP contribution in [0, 0.1) is 12.8 Å². The number of nitrogens with two attached hydrogens (primary N) is 1. The Hall–Kier alpha value is -2.04. The zero-order chi connectivity index (χ0) is 15.1. The second-order valence-electron chi connectivity index (χ2n) is 5.34. The lowest BCUT2D eigenvalue weighted by atomic mass is 10.1. The predicted octanol–water partition coefficient (Wildman–Crippen LogP) is 1.47. The Balaban J connectivity index is 2.38. The Kier molecular flexibility index (Phi) is 6.03. The van der Waals surface area contributed by atoms with Crippen LogP contribution in [-0.4, -0.2) is 24.9 Å². The minimum Gasteiger partial charge on any atom is -0.399 e. The summed E-state index contributed by atoms with van der Waals surface area (Å²) in [6.45, 7) is 6.92. The van der Waals surface area contributed by atoms with Gasteiger partial charge < -0.3 is 16.4 Å². The van der Waals surface area contributed by atoms with Gasteiger partial charge in [-0.25, -0.2) is 0 Å². The van der Waals surface area contributed by atoms with Gasteiger partial charge in [-0.2, -0.15) is 0 Å². The molecule has 0 aliphatic heterocycles. The largest absolute Gasteiger partial charge is 0.399 e. The van der Waals surface area contributed by atoms with Crippen LogP contribution < -0.4 is 16.4 Å². The molecule has 0 aromatic heterocycles. The Morgan fingerprint density at radius 2 is 1.90 bits per heavy atom. The van der Waals surface area contributed by atoms with Crippen LogP contribution in [0.3, 0.4) is 0 Å². The fourth-order valence-corrected chi connectivity index (χ4v) is 1.74. The molecule has 5 heteroatoms. The third-order valence-corrected chi connectivity index (χ3v) is 2.71. The van der Waals surface area contributed by atoms with Crippen LogP contribution in [0.25, 0.3) is 0 Å². The summed E-state index contributed by atoms with van der Waals surface area (Å²) >= 11 is 0. The van der Waals surface area contributed by atoms with E-state index in [4.69, 9.17) is 5.73 Å². The van der Waals surface area contributed by atoms with Crippen LogP contribution in [-0.2, 0) is 4.79 Å². The van der Waals surface area contributed by atoms with Crippen molar-refractivity contribution in [3.8, 4) is 0 Å². The van der Waals surface area contributed by atoms with Crippen LogP contribution in [0.15, 0.2) is 18.2 Å². The molecule has 1 rings (SSSR count). The number of nitrogens with one attached hydrogen (secondary N) is 2. The molecular weight excluding hydrogens is 254 g/mol. The van der Waals surface area contributed by atoms with Gasteiger partial charge in [0.2, 0.25) is 5.91 Å². The zero-order valence-electron chi connectivity index (χ0n) is 12.3. The van der Waals surface area contributed by atoms with Crippen molar-refractivity contribution in [2.45, 2.75) is 27.2 Å². The van der Waals surface area contributed by atoms with E-state index in [9.17, 15) is 9.59 Å². The summed E-state index contributed by atoms with van der Waals surface area (Å²) in [5.74, 6) is 0.156. The highest BCUT2D eigenvalue weighted by atomic mass is 16.2. The number of carbonyl (C=O) groups is 2. The van der Waals surface area contributed by atoms with Crippen LogP contribution >= 0.6 is 0 Å². The SMILES string of the molecule is Cc1cc(N)cc(C(=O)NCCC(=O)NCC(C)C)c1. The number of anilines is 1. The van der Waals surface area contributed by atoms with Crippen molar-refractivity contribution in [3.05, 3.63) is 29.3 Å². The third kappa shape index (κ3) is 5.73. The summed E-state index contributed by atoms with van der Waals surface area (Å²) in [6, 6.07) is 5.20. The van der Waals surface area contributed by atoms with Gasteiger partial charge in [-0.05, 0) is 36.6 Å². The molecule has 5 nitrogen and oxygen atoms in total. The molecule has 0 atom stereocenters. The monoisotopic (exact) mass is 277 g/mol. The Labute approximate surface area is 119 Å². The number of nitrogen functional groups attached to an aromatic ring is 1. The number of hydrogen-bond donors (Lipinski definition) is 3. The molecule has 0 radical (unpaired) electrons. The van der Waals surface area contributed by atoms with Gasteiger partial charge in [0, 0.05) is 30.8 Å². The summed E-state index contributed by atoms with van der Waals surface area (Å²) in [5.41, 5.74) is 7.71. The molecule has 0 aliphatic carbocycles. The van der Waals surface area contributed by atoms with Gasteiger partial charge in [-0.15, -0.1) is 0 Å². The van der Waals surface area contributed by atoms with E-state index in [0.29, 0.717) is 30.3 Å². The summed E-state index contributed by atoms with van der Waals surface area (Å²) in [6.07, 6.45) is 0.278. The molecule has 2 amide bonds. The first-order valence-electron chi connectivity index (χ1n) is 6.80. The molecular formula is C15H23N3O2. The number of rotatable bonds is 6. The lowest BCUT2D eigenvalue weighted by Gasteiger charge is -2.09. The first-order valence-corrected chi connectivity index (χ1v) is 6.80. The Morgan fingerprint density at radius 3 is 2.50 bits per heavy atom. The normalized spacial score (nSPS) is 10.4. The molecule has 0 saturated heterocycles. The topological polar surface area (TPSA) is 84.2 Å². The smallest absolute Gasteiger partial charge is 0.251 e. The van der Waals surface area contributed by atoms with Crippen LogP contribution in [0.5, 0.6) is 0 Å². The second kappa shape index (κ2) is 7.53. The van der Waals surface area contributed by atoms with Crippen LogP contribution in [0.4, 0.5) is 5.69 Å². The maximum atomic E-state index is 11.9. The molecule has 1 aromatic carbocycles. The second-order valence-corrected chi connectivity index (χ2v) is 5.34. The van der Waals surface area contributed by atoms with Gasteiger partial charge >= 0.3 is 0 Å². The van der Waals surface area contributed by atoms with Gasteiger partial charge in [0.05, 0.1) is 0 Å². The molecule has 0 heterocycles. The summed E-state index contributed by atoms with van der Waals surface area (Å²) in [4.78, 5) is 23.4. The van der Waals surface area contributed by atoms with Crippen molar-refractivity contribution in [2.24, 2.45) is 5.92 Å². The van der Waals surface area contributed by atoms with Crippen LogP contribution in [0.1, 0.15) is 36.2 Å². The average molecular weight is 277 g/mol. The van der Waals surface area contributed by atoms with E-state index in [0.717, 1.165) is 5.56 Å². The lowest BCUT2D eigenvalue weighted by Crippen LogP contribution is -2.32. The lowest BCUT2D eigenvalue weighted by molar-refractivity contribution is -0.121. The van der Waals surface area contributed by atoms with E-state index >= 15 is 0 Å². The fraction of sp³-hybridized carbons (Fsp3) is 0.467. The van der Waals surface area contributed by atoms with Crippen LogP contribution in [0.2, 0.25) is 0 Å². The van der Waals surface area contributed by atoms with E-state index in [-0.39, 0.29) is 18.2 Å². The third-order valence-electron chi connectivity index (χ3n) is 2.71. The van der Waals surface area contributed by atoms with Crippen molar-refractivity contribution in [1.29, 1.82) is 0 Å². The minimum atomic E-state index is -0.211. The molecule has 0 bridgehead atoms. The number of aryl methyl sites for hydroxylation is 1. The highest BCUT2D eigenvalue weighted by molar-refractivity contribution is 5.95. The summed E-state index contributed by atoms with van der Waals surface area (Å²) in [7, 11) is 0. The van der Waals surface area contributed by atoms with Gasteiger partial charge in [0.1, 0.15) is 0 Å². The molecule has 0 saturated carbocycles. The van der Waals surface area contributed by atoms with Crippen molar-refractivity contribution in [3.63, 3.8) is 0 Å².